The molecule has 182 valence electrons. The van der Waals surface area contributed by atoms with Gasteiger partial charge in [0.25, 0.3) is 10.0 Å². The molecule has 0 radical (unpaired) electrons. The number of amides is 1. The topological polar surface area (TPSA) is 69.7 Å². The second-order valence-corrected chi connectivity index (χ2v) is 11.4. The van der Waals surface area contributed by atoms with E-state index < -0.39 is 27.3 Å². The molecular weight excluding hydrogens is 564 g/mol. The minimum Gasteiger partial charge on any atom is -0.339 e. The van der Waals surface area contributed by atoms with E-state index >= 15 is 0 Å². The molecular formula is C24H19BrClF2N3O3S. The Morgan fingerprint density at radius 2 is 1.63 bits per heavy atom. The summed E-state index contributed by atoms with van der Waals surface area (Å²) in [5.41, 5.74) is 2.03. The molecule has 35 heavy (non-hydrogen) atoms. The molecule has 2 aliphatic rings. The summed E-state index contributed by atoms with van der Waals surface area (Å²) in [5.74, 6) is -2.36. The van der Waals surface area contributed by atoms with E-state index in [1.54, 1.807) is 4.90 Å². The van der Waals surface area contributed by atoms with E-state index in [-0.39, 0.29) is 15.8 Å². The van der Waals surface area contributed by atoms with Crippen LogP contribution in [-0.4, -0.2) is 27.4 Å². The second-order valence-electron chi connectivity index (χ2n) is 8.33. The highest BCUT2D eigenvalue weighted by Gasteiger charge is 2.33. The van der Waals surface area contributed by atoms with Gasteiger partial charge in [0.1, 0.15) is 5.69 Å². The fourth-order valence-electron chi connectivity index (χ4n) is 4.47. The number of anilines is 4. The molecule has 1 saturated heterocycles. The van der Waals surface area contributed by atoms with Gasteiger partial charge >= 0.3 is 0 Å². The Bertz CT molecular complexity index is 1430. The summed E-state index contributed by atoms with van der Waals surface area (Å²) < 4.78 is 58.0. The van der Waals surface area contributed by atoms with Gasteiger partial charge in [-0.15, -0.1) is 0 Å². The van der Waals surface area contributed by atoms with E-state index in [0.717, 1.165) is 33.5 Å². The number of halogens is 4. The number of carbonyl (C=O) groups is 1. The van der Waals surface area contributed by atoms with E-state index in [0.29, 0.717) is 38.0 Å². The van der Waals surface area contributed by atoms with Gasteiger partial charge in [-0.1, -0.05) is 27.5 Å². The third-order valence-electron chi connectivity index (χ3n) is 6.07. The Balaban J connectivity index is 1.62. The summed E-state index contributed by atoms with van der Waals surface area (Å²) in [6.07, 6.45) is 1.55. The minimum absolute atomic E-state index is 0.104. The molecule has 2 aliphatic heterocycles. The number of nitrogens with zero attached hydrogens (tertiary/aromatic N) is 2. The van der Waals surface area contributed by atoms with Crippen LogP contribution in [0.25, 0.3) is 0 Å². The first kappa shape index (κ1) is 24.0. The average Bonchev–Trinajstić information content (AvgIpc) is 3.42. The van der Waals surface area contributed by atoms with E-state index in [1.165, 1.54) is 12.1 Å². The molecule has 2 heterocycles. The number of nitrogens with one attached hydrogen (secondary N) is 1. The monoisotopic (exact) mass is 581 g/mol. The first-order valence-electron chi connectivity index (χ1n) is 10.8. The van der Waals surface area contributed by atoms with Crippen LogP contribution in [0.15, 0.2) is 57.9 Å². The van der Waals surface area contributed by atoms with Crippen LogP contribution in [0.5, 0.6) is 0 Å². The summed E-state index contributed by atoms with van der Waals surface area (Å²) >= 11 is 9.08. The van der Waals surface area contributed by atoms with Crippen molar-refractivity contribution in [1.82, 2.24) is 0 Å². The van der Waals surface area contributed by atoms with Gasteiger partial charge in [-0.2, -0.15) is 0 Å². The van der Waals surface area contributed by atoms with Crippen molar-refractivity contribution in [1.29, 1.82) is 0 Å². The molecule has 1 amide bonds. The smallest absolute Gasteiger partial charge is 0.262 e. The highest BCUT2D eigenvalue weighted by atomic mass is 79.9. The van der Waals surface area contributed by atoms with Gasteiger partial charge in [-0.3, -0.25) is 9.52 Å². The number of rotatable bonds is 5. The number of carbonyl (C=O) groups excluding carboxylic acids is 1. The molecule has 0 atom stereocenters. The fraction of sp³-hybridized carbons (Fsp3) is 0.208. The number of sulfonamides is 1. The Morgan fingerprint density at radius 3 is 2.26 bits per heavy atom. The van der Waals surface area contributed by atoms with Crippen molar-refractivity contribution in [2.75, 3.05) is 27.6 Å². The lowest BCUT2D eigenvalue weighted by molar-refractivity contribution is -0.117. The number of benzene rings is 3. The minimum atomic E-state index is -4.39. The molecule has 0 unspecified atom stereocenters. The molecule has 6 nitrogen and oxygen atoms in total. The Morgan fingerprint density at radius 1 is 0.943 bits per heavy atom. The second kappa shape index (κ2) is 9.07. The lowest BCUT2D eigenvalue weighted by Crippen LogP contribution is -2.27. The van der Waals surface area contributed by atoms with Crippen LogP contribution in [0.3, 0.4) is 0 Å². The Hall–Kier alpha value is -2.69. The average molecular weight is 583 g/mol. The van der Waals surface area contributed by atoms with Gasteiger partial charge in [0.15, 0.2) is 11.6 Å². The summed E-state index contributed by atoms with van der Waals surface area (Å²) in [5, 5.41) is -0.191. The normalized spacial score (nSPS) is 15.6. The lowest BCUT2D eigenvalue weighted by Gasteiger charge is -2.27. The van der Waals surface area contributed by atoms with Crippen LogP contribution in [0.4, 0.5) is 31.5 Å². The zero-order valence-corrected chi connectivity index (χ0v) is 21.4. The molecule has 11 heteroatoms. The molecule has 0 aromatic heterocycles. The van der Waals surface area contributed by atoms with Gasteiger partial charge in [0, 0.05) is 34.7 Å². The maximum absolute atomic E-state index is 14.3. The van der Waals surface area contributed by atoms with Crippen LogP contribution in [0.1, 0.15) is 18.4 Å². The van der Waals surface area contributed by atoms with Crippen molar-refractivity contribution in [3.05, 3.63) is 75.2 Å². The molecule has 3 aromatic carbocycles. The number of hydrogen-bond acceptors (Lipinski definition) is 4. The van der Waals surface area contributed by atoms with Crippen molar-refractivity contribution >= 4 is 66.2 Å². The quantitative estimate of drug-likeness (QED) is 0.401. The zero-order valence-electron chi connectivity index (χ0n) is 18.2. The van der Waals surface area contributed by atoms with Crippen LogP contribution >= 0.6 is 27.5 Å². The van der Waals surface area contributed by atoms with Gasteiger partial charge in [-0.05, 0) is 66.9 Å². The van der Waals surface area contributed by atoms with Gasteiger partial charge in [-0.25, -0.2) is 17.2 Å². The van der Waals surface area contributed by atoms with Gasteiger partial charge < -0.3 is 9.80 Å². The van der Waals surface area contributed by atoms with Gasteiger partial charge in [0.05, 0.1) is 16.3 Å². The number of hydrogen-bond donors (Lipinski definition) is 1. The summed E-state index contributed by atoms with van der Waals surface area (Å²) in [4.78, 5) is 16.1. The van der Waals surface area contributed by atoms with Crippen LogP contribution in [0, 0.1) is 11.6 Å². The van der Waals surface area contributed by atoms with Crippen LogP contribution in [0.2, 0.25) is 5.02 Å². The van der Waals surface area contributed by atoms with E-state index in [2.05, 4.69) is 15.9 Å². The number of fused-ring (bicyclic) bond motifs is 1. The van der Waals surface area contributed by atoms with Crippen molar-refractivity contribution in [2.45, 2.75) is 24.2 Å². The van der Waals surface area contributed by atoms with Crippen LogP contribution in [-0.2, 0) is 21.2 Å². The molecule has 0 saturated carbocycles. The van der Waals surface area contributed by atoms with E-state index in [1.807, 2.05) is 33.9 Å². The molecule has 1 fully saturated rings. The highest BCUT2D eigenvalue weighted by molar-refractivity contribution is 9.10. The molecule has 1 N–H and O–H groups in total. The van der Waals surface area contributed by atoms with Crippen LogP contribution < -0.4 is 14.5 Å². The maximum Gasteiger partial charge on any atom is 0.262 e. The lowest BCUT2D eigenvalue weighted by atomic mass is 10.1. The van der Waals surface area contributed by atoms with Crippen molar-refractivity contribution in [2.24, 2.45) is 0 Å². The Labute approximate surface area is 214 Å². The standard InChI is InChI=1S/C24H19BrClF2N3O3S/c25-15-3-5-17(6-4-15)30-9-7-14-10-18(13-21(24(14)30)31-8-1-2-22(31)32)35(33,34)29-23-19(27)11-16(26)12-20(23)28/h3-6,10-13,29H,1-2,7-9H2. The summed E-state index contributed by atoms with van der Waals surface area (Å²) in [6, 6.07) is 12.2. The molecule has 0 spiro atoms. The predicted octanol–water partition coefficient (Wildman–Crippen LogP) is 6.00. The SMILES string of the molecule is O=C1CCCN1c1cc(S(=O)(=O)Nc2c(F)cc(Cl)cc2F)cc2c1N(c1ccc(Br)cc1)CC2. The van der Waals surface area contributed by atoms with E-state index in [9.17, 15) is 22.0 Å². The Kier molecular flexibility index (Phi) is 6.23. The zero-order chi connectivity index (χ0) is 24.9. The molecule has 5 rings (SSSR count). The largest absolute Gasteiger partial charge is 0.339 e. The first-order chi connectivity index (χ1) is 16.6. The highest BCUT2D eigenvalue weighted by Crippen LogP contribution is 2.45. The fourth-order valence-corrected chi connectivity index (χ4v) is 6.07. The maximum atomic E-state index is 14.3. The predicted molar refractivity (Wildman–Crippen MR) is 135 cm³/mol. The third kappa shape index (κ3) is 4.50. The van der Waals surface area contributed by atoms with E-state index in [4.69, 9.17) is 11.6 Å². The van der Waals surface area contributed by atoms with Gasteiger partial charge in [0.2, 0.25) is 5.91 Å². The molecule has 3 aromatic rings. The molecule has 0 aliphatic carbocycles. The van der Waals surface area contributed by atoms with Crippen molar-refractivity contribution in [3.8, 4) is 0 Å². The third-order valence-corrected chi connectivity index (χ3v) is 8.15. The van der Waals surface area contributed by atoms with Crippen molar-refractivity contribution < 1.29 is 22.0 Å². The summed E-state index contributed by atoms with van der Waals surface area (Å²) in [6.45, 7) is 1.04. The summed E-state index contributed by atoms with van der Waals surface area (Å²) in [7, 11) is -4.39. The first-order valence-corrected chi connectivity index (χ1v) is 13.5. The molecule has 0 bridgehead atoms. The van der Waals surface area contributed by atoms with Crippen molar-refractivity contribution in [3.63, 3.8) is 0 Å².